The minimum absolute atomic E-state index is 0.177. The number of nitrogens with zero attached hydrogens (tertiary/aromatic N) is 4. The molecule has 20 heavy (non-hydrogen) atoms. The van der Waals surface area contributed by atoms with Crippen LogP contribution in [0.1, 0.15) is 25.2 Å². The van der Waals surface area contributed by atoms with Crippen molar-refractivity contribution in [2.24, 2.45) is 0 Å². The number of aryl methyl sites for hydroxylation is 2. The van der Waals surface area contributed by atoms with Crippen molar-refractivity contribution >= 4 is 17.6 Å². The average molecular weight is 291 g/mol. The third kappa shape index (κ3) is 3.50. The van der Waals surface area contributed by atoms with E-state index in [1.165, 1.54) is 0 Å². The molecule has 2 aromatic rings. The van der Waals surface area contributed by atoms with Gasteiger partial charge >= 0.3 is 0 Å². The Balaban J connectivity index is 2.09. The molecule has 0 aromatic carbocycles. The summed E-state index contributed by atoms with van der Waals surface area (Å²) in [4.78, 5) is 0. The molecule has 0 amide bonds. The van der Waals surface area contributed by atoms with E-state index in [-0.39, 0.29) is 4.75 Å². The van der Waals surface area contributed by atoms with Crippen LogP contribution < -0.4 is 5.32 Å². The van der Waals surface area contributed by atoms with Crippen molar-refractivity contribution < 1.29 is 0 Å². The van der Waals surface area contributed by atoms with Crippen molar-refractivity contribution in [3.63, 3.8) is 0 Å². The van der Waals surface area contributed by atoms with Crippen LogP contribution in [0.2, 0.25) is 0 Å². The average Bonchev–Trinajstić information content (AvgIpc) is 2.76. The van der Waals surface area contributed by atoms with Crippen LogP contribution in [-0.4, -0.2) is 37.5 Å². The molecule has 108 valence electrons. The van der Waals surface area contributed by atoms with Gasteiger partial charge in [0.05, 0.1) is 5.69 Å². The van der Waals surface area contributed by atoms with Crippen LogP contribution in [0.25, 0.3) is 5.82 Å². The van der Waals surface area contributed by atoms with Gasteiger partial charge in [-0.2, -0.15) is 16.9 Å². The fraction of sp³-hybridized carbons (Fsp3) is 0.500. The van der Waals surface area contributed by atoms with Gasteiger partial charge in [0.2, 0.25) is 0 Å². The molecule has 2 aromatic heterocycles. The molecule has 0 spiro atoms. The lowest BCUT2D eigenvalue weighted by atomic mass is 10.2. The minimum atomic E-state index is 0.177. The van der Waals surface area contributed by atoms with Crippen LogP contribution in [0.4, 0.5) is 5.82 Å². The Bertz CT molecular complexity index is 574. The maximum Gasteiger partial charge on any atom is 0.176 e. The van der Waals surface area contributed by atoms with Gasteiger partial charge in [-0.3, -0.25) is 0 Å². The molecule has 0 radical (unpaired) electrons. The van der Waals surface area contributed by atoms with Crippen molar-refractivity contribution in [2.45, 2.75) is 32.4 Å². The molecule has 0 saturated carbocycles. The van der Waals surface area contributed by atoms with E-state index in [1.54, 1.807) is 4.68 Å². The molecule has 2 rings (SSSR count). The van der Waals surface area contributed by atoms with Crippen LogP contribution in [-0.2, 0) is 0 Å². The predicted octanol–water partition coefficient (Wildman–Crippen LogP) is 2.83. The van der Waals surface area contributed by atoms with Gasteiger partial charge in [0.15, 0.2) is 5.82 Å². The molecule has 2 heterocycles. The molecule has 0 bridgehead atoms. The van der Waals surface area contributed by atoms with E-state index in [0.717, 1.165) is 29.6 Å². The normalized spacial score (nSPS) is 11.7. The highest BCUT2D eigenvalue weighted by Gasteiger charge is 2.15. The summed E-state index contributed by atoms with van der Waals surface area (Å²) in [6.07, 6.45) is 2.11. The zero-order chi connectivity index (χ0) is 14.8. The first-order valence-electron chi connectivity index (χ1n) is 6.58. The molecule has 0 unspecified atom stereocenters. The van der Waals surface area contributed by atoms with E-state index in [9.17, 15) is 0 Å². The minimum Gasteiger partial charge on any atom is -0.367 e. The van der Waals surface area contributed by atoms with Gasteiger partial charge in [-0.25, -0.2) is 4.68 Å². The van der Waals surface area contributed by atoms with Crippen LogP contribution >= 0.6 is 11.8 Å². The maximum absolute atomic E-state index is 4.40. The number of anilines is 1. The fourth-order valence-electron chi connectivity index (χ4n) is 1.77. The number of rotatable bonds is 5. The van der Waals surface area contributed by atoms with E-state index < -0.39 is 0 Å². The van der Waals surface area contributed by atoms with Gasteiger partial charge < -0.3 is 5.32 Å². The van der Waals surface area contributed by atoms with Crippen LogP contribution in [0.5, 0.6) is 0 Å². The molecule has 0 atom stereocenters. The van der Waals surface area contributed by atoms with Crippen molar-refractivity contribution in [2.75, 3.05) is 18.1 Å². The van der Waals surface area contributed by atoms with Crippen LogP contribution in [0, 0.1) is 13.8 Å². The summed E-state index contributed by atoms with van der Waals surface area (Å²) in [5.74, 6) is 1.53. The first kappa shape index (κ1) is 14.8. The lowest BCUT2D eigenvalue weighted by Gasteiger charge is -2.22. The summed E-state index contributed by atoms with van der Waals surface area (Å²) in [5.41, 5.74) is 2.04. The van der Waals surface area contributed by atoms with Gasteiger partial charge in [0, 0.05) is 17.0 Å². The molecule has 0 aliphatic rings. The van der Waals surface area contributed by atoms with Crippen molar-refractivity contribution in [1.82, 2.24) is 20.0 Å². The largest absolute Gasteiger partial charge is 0.367 e. The molecular weight excluding hydrogens is 270 g/mol. The van der Waals surface area contributed by atoms with Crippen molar-refractivity contribution in [3.8, 4) is 5.82 Å². The summed E-state index contributed by atoms with van der Waals surface area (Å²) in [7, 11) is 0. The summed E-state index contributed by atoms with van der Waals surface area (Å²) in [6, 6.07) is 5.89. The quantitative estimate of drug-likeness (QED) is 0.918. The van der Waals surface area contributed by atoms with Gasteiger partial charge in [-0.1, -0.05) is 0 Å². The summed E-state index contributed by atoms with van der Waals surface area (Å²) in [5, 5.41) is 16.2. The Kier molecular flexibility index (Phi) is 4.32. The van der Waals surface area contributed by atoms with E-state index in [1.807, 2.05) is 43.8 Å². The second-order valence-electron chi connectivity index (χ2n) is 5.43. The number of thioether (sulfide) groups is 1. The summed E-state index contributed by atoms with van der Waals surface area (Å²) < 4.78 is 1.98. The van der Waals surface area contributed by atoms with Crippen LogP contribution in [0.15, 0.2) is 18.2 Å². The number of aromatic nitrogens is 4. The van der Waals surface area contributed by atoms with E-state index in [2.05, 4.69) is 40.7 Å². The topological polar surface area (TPSA) is 55.6 Å². The third-order valence-corrected chi connectivity index (χ3v) is 4.37. The Hall–Kier alpha value is -1.56. The Morgan fingerprint density at radius 2 is 2.00 bits per heavy atom. The highest BCUT2D eigenvalue weighted by molar-refractivity contribution is 7.99. The molecule has 1 N–H and O–H groups in total. The Morgan fingerprint density at radius 1 is 1.25 bits per heavy atom. The highest BCUT2D eigenvalue weighted by Crippen LogP contribution is 2.21. The second-order valence-corrected chi connectivity index (χ2v) is 6.95. The lowest BCUT2D eigenvalue weighted by Crippen LogP contribution is -2.26. The number of hydrogen-bond acceptors (Lipinski definition) is 5. The lowest BCUT2D eigenvalue weighted by molar-refractivity contribution is 0.743. The standard InChI is InChI=1S/C14H21N5S/c1-10-8-11(2)19(18-10)13-7-6-12(16-17-13)15-9-14(3,4)20-5/h6-8H,9H2,1-5H3,(H,15,16). The first-order chi connectivity index (χ1) is 9.41. The molecular formula is C14H21N5S. The zero-order valence-electron chi connectivity index (χ0n) is 12.6. The zero-order valence-corrected chi connectivity index (χ0v) is 13.5. The van der Waals surface area contributed by atoms with Gasteiger partial charge in [-0.05, 0) is 52.1 Å². The monoisotopic (exact) mass is 291 g/mol. The molecule has 0 saturated heterocycles. The van der Waals surface area contributed by atoms with E-state index >= 15 is 0 Å². The van der Waals surface area contributed by atoms with Gasteiger partial charge in [-0.15, -0.1) is 10.2 Å². The summed E-state index contributed by atoms with van der Waals surface area (Å²) in [6.45, 7) is 9.22. The smallest absolute Gasteiger partial charge is 0.176 e. The van der Waals surface area contributed by atoms with E-state index in [0.29, 0.717) is 0 Å². The SMILES string of the molecule is CSC(C)(C)CNc1ccc(-n2nc(C)cc2C)nn1. The molecule has 5 nitrogen and oxygen atoms in total. The third-order valence-electron chi connectivity index (χ3n) is 3.12. The predicted molar refractivity (Wildman–Crippen MR) is 84.7 cm³/mol. The van der Waals surface area contributed by atoms with Crippen molar-refractivity contribution in [1.29, 1.82) is 0 Å². The van der Waals surface area contributed by atoms with Crippen LogP contribution in [0.3, 0.4) is 0 Å². The second kappa shape index (κ2) is 5.83. The number of nitrogens with one attached hydrogen (secondary N) is 1. The van der Waals surface area contributed by atoms with E-state index in [4.69, 9.17) is 0 Å². The molecule has 0 aliphatic heterocycles. The fourth-order valence-corrected chi connectivity index (χ4v) is 1.99. The molecule has 6 heteroatoms. The maximum atomic E-state index is 4.40. The Labute approximate surface area is 124 Å². The Morgan fingerprint density at radius 3 is 2.50 bits per heavy atom. The molecule has 0 fully saturated rings. The van der Waals surface area contributed by atoms with Gasteiger partial charge in [0.1, 0.15) is 5.82 Å². The van der Waals surface area contributed by atoms with Crippen molar-refractivity contribution in [3.05, 3.63) is 29.6 Å². The highest BCUT2D eigenvalue weighted by atomic mass is 32.2. The first-order valence-corrected chi connectivity index (χ1v) is 7.80. The van der Waals surface area contributed by atoms with Gasteiger partial charge in [0.25, 0.3) is 0 Å². The molecule has 0 aliphatic carbocycles. The number of hydrogen-bond donors (Lipinski definition) is 1. The summed E-state index contributed by atoms with van der Waals surface area (Å²) >= 11 is 1.83.